The Balaban J connectivity index is 1.68. The molecular formula is C15H18N4O3S. The van der Waals surface area contributed by atoms with Gasteiger partial charge in [-0.25, -0.2) is 8.42 Å². The van der Waals surface area contributed by atoms with Gasteiger partial charge in [-0.2, -0.15) is 9.40 Å². The molecule has 23 heavy (non-hydrogen) atoms. The third kappa shape index (κ3) is 3.13. The van der Waals surface area contributed by atoms with Crippen molar-refractivity contribution < 1.29 is 13.2 Å². The number of carbonyl (C=O) groups is 1. The highest BCUT2D eigenvalue weighted by Crippen LogP contribution is 2.18. The van der Waals surface area contributed by atoms with Crippen LogP contribution in [-0.2, 0) is 10.0 Å². The largest absolute Gasteiger partial charge is 0.335 e. The Morgan fingerprint density at radius 1 is 1.13 bits per heavy atom. The van der Waals surface area contributed by atoms with Crippen molar-refractivity contribution in [3.8, 4) is 0 Å². The first-order chi connectivity index (χ1) is 11.0. The lowest BCUT2D eigenvalue weighted by Gasteiger charge is -2.33. The average molecular weight is 334 g/mol. The number of nitrogens with zero attached hydrogens (tertiary/aromatic N) is 3. The minimum absolute atomic E-state index is 0.175. The van der Waals surface area contributed by atoms with Crippen molar-refractivity contribution >= 4 is 15.9 Å². The van der Waals surface area contributed by atoms with E-state index in [1.165, 1.54) is 4.31 Å². The summed E-state index contributed by atoms with van der Waals surface area (Å²) < 4.78 is 26.5. The number of hydrogen-bond donors (Lipinski definition) is 1. The van der Waals surface area contributed by atoms with E-state index in [0.717, 1.165) is 5.69 Å². The number of rotatable bonds is 3. The van der Waals surface area contributed by atoms with E-state index < -0.39 is 10.0 Å². The van der Waals surface area contributed by atoms with Crippen molar-refractivity contribution in [3.05, 3.63) is 47.8 Å². The summed E-state index contributed by atoms with van der Waals surface area (Å²) in [5, 5.41) is 6.70. The number of piperazine rings is 1. The second kappa shape index (κ2) is 6.13. The molecule has 1 N–H and O–H groups in total. The summed E-state index contributed by atoms with van der Waals surface area (Å²) in [6.07, 6.45) is 0. The summed E-state index contributed by atoms with van der Waals surface area (Å²) in [5.74, 6) is -0.175. The average Bonchev–Trinajstić information content (AvgIpc) is 3.01. The fourth-order valence-corrected chi connectivity index (χ4v) is 4.01. The number of nitrogens with one attached hydrogen (secondary N) is 1. The van der Waals surface area contributed by atoms with Crippen LogP contribution in [0.3, 0.4) is 0 Å². The fraction of sp³-hybridized carbons (Fsp3) is 0.333. The fourth-order valence-electron chi connectivity index (χ4n) is 2.56. The van der Waals surface area contributed by atoms with Crippen LogP contribution in [0.25, 0.3) is 0 Å². The van der Waals surface area contributed by atoms with Gasteiger partial charge in [-0.1, -0.05) is 18.2 Å². The Morgan fingerprint density at radius 2 is 1.78 bits per heavy atom. The number of H-pyrrole nitrogens is 1. The number of aromatic nitrogens is 2. The van der Waals surface area contributed by atoms with Crippen molar-refractivity contribution in [2.24, 2.45) is 0 Å². The van der Waals surface area contributed by atoms with Gasteiger partial charge >= 0.3 is 0 Å². The van der Waals surface area contributed by atoms with Gasteiger partial charge in [0.25, 0.3) is 5.91 Å². The first-order valence-electron chi connectivity index (χ1n) is 7.35. The van der Waals surface area contributed by atoms with Gasteiger partial charge in [0, 0.05) is 31.9 Å². The summed E-state index contributed by atoms with van der Waals surface area (Å²) in [6.45, 7) is 3.11. The van der Waals surface area contributed by atoms with Crippen molar-refractivity contribution in [1.29, 1.82) is 0 Å². The highest BCUT2D eigenvalue weighted by Gasteiger charge is 2.30. The molecule has 0 spiro atoms. The predicted octanol–water partition coefficient (Wildman–Crippen LogP) is 0.865. The molecule has 0 bridgehead atoms. The van der Waals surface area contributed by atoms with Crippen LogP contribution in [0.1, 0.15) is 16.2 Å². The lowest BCUT2D eigenvalue weighted by atomic mass is 10.3. The zero-order valence-electron chi connectivity index (χ0n) is 12.8. The first kappa shape index (κ1) is 15.7. The molecule has 8 heteroatoms. The molecule has 0 saturated carbocycles. The third-order valence-electron chi connectivity index (χ3n) is 3.83. The number of benzene rings is 1. The molecular weight excluding hydrogens is 316 g/mol. The van der Waals surface area contributed by atoms with Crippen molar-refractivity contribution in [3.63, 3.8) is 0 Å². The molecule has 1 aliphatic heterocycles. The number of amides is 1. The summed E-state index contributed by atoms with van der Waals surface area (Å²) in [7, 11) is -3.50. The van der Waals surface area contributed by atoms with Gasteiger partial charge in [0.05, 0.1) is 4.90 Å². The zero-order chi connectivity index (χ0) is 16.4. The molecule has 1 aromatic carbocycles. The van der Waals surface area contributed by atoms with E-state index in [4.69, 9.17) is 0 Å². The second-order valence-electron chi connectivity index (χ2n) is 5.45. The molecule has 2 aromatic rings. The maximum Gasteiger partial charge on any atom is 0.274 e. The lowest BCUT2D eigenvalue weighted by molar-refractivity contribution is 0.0692. The third-order valence-corrected chi connectivity index (χ3v) is 5.74. The number of sulfonamides is 1. The number of aromatic amines is 1. The minimum Gasteiger partial charge on any atom is -0.335 e. The van der Waals surface area contributed by atoms with E-state index in [1.807, 2.05) is 6.92 Å². The molecule has 0 aliphatic carbocycles. The van der Waals surface area contributed by atoms with Crippen molar-refractivity contribution in [2.75, 3.05) is 26.2 Å². The topological polar surface area (TPSA) is 86.4 Å². The molecule has 1 fully saturated rings. The van der Waals surface area contributed by atoms with Crippen LogP contribution in [-0.4, -0.2) is 59.9 Å². The molecule has 7 nitrogen and oxygen atoms in total. The molecule has 1 amide bonds. The van der Waals surface area contributed by atoms with Crippen LogP contribution in [0.15, 0.2) is 41.3 Å². The summed E-state index contributed by atoms with van der Waals surface area (Å²) >= 11 is 0. The molecule has 122 valence electrons. The Morgan fingerprint density at radius 3 is 2.35 bits per heavy atom. The summed E-state index contributed by atoms with van der Waals surface area (Å²) in [6, 6.07) is 10.0. The molecule has 0 radical (unpaired) electrons. The van der Waals surface area contributed by atoms with E-state index in [2.05, 4.69) is 10.2 Å². The highest BCUT2D eigenvalue weighted by molar-refractivity contribution is 7.89. The molecule has 1 aliphatic rings. The highest BCUT2D eigenvalue weighted by atomic mass is 32.2. The molecule has 1 aromatic heterocycles. The lowest BCUT2D eigenvalue weighted by Crippen LogP contribution is -2.50. The van der Waals surface area contributed by atoms with Gasteiger partial charge < -0.3 is 4.90 Å². The van der Waals surface area contributed by atoms with Crippen molar-refractivity contribution in [1.82, 2.24) is 19.4 Å². The van der Waals surface area contributed by atoms with E-state index in [1.54, 1.807) is 41.3 Å². The van der Waals surface area contributed by atoms with Gasteiger partial charge in [0.15, 0.2) is 0 Å². The normalized spacial score (nSPS) is 16.5. The quantitative estimate of drug-likeness (QED) is 0.902. The maximum atomic E-state index is 12.5. The van der Waals surface area contributed by atoms with Crippen LogP contribution in [0.4, 0.5) is 0 Å². The maximum absolute atomic E-state index is 12.5. The Hall–Kier alpha value is -2.19. The van der Waals surface area contributed by atoms with Crippen LogP contribution < -0.4 is 0 Å². The Kier molecular flexibility index (Phi) is 4.18. The van der Waals surface area contributed by atoms with E-state index in [-0.39, 0.29) is 23.9 Å². The van der Waals surface area contributed by atoms with Gasteiger partial charge in [0.2, 0.25) is 10.0 Å². The Labute approximate surface area is 135 Å². The Bertz CT molecular complexity index is 793. The SMILES string of the molecule is Cc1cc(C(=O)N2CCN(S(=O)(=O)c3ccccc3)CC2)n[nH]1. The van der Waals surface area contributed by atoms with Crippen LogP contribution in [0, 0.1) is 6.92 Å². The minimum atomic E-state index is -3.50. The smallest absolute Gasteiger partial charge is 0.274 e. The molecule has 0 atom stereocenters. The molecule has 3 rings (SSSR count). The summed E-state index contributed by atoms with van der Waals surface area (Å²) in [4.78, 5) is 14.2. The molecule has 1 saturated heterocycles. The predicted molar refractivity (Wildman–Crippen MR) is 84.4 cm³/mol. The van der Waals surface area contributed by atoms with E-state index >= 15 is 0 Å². The van der Waals surface area contributed by atoms with E-state index in [9.17, 15) is 13.2 Å². The van der Waals surface area contributed by atoms with Crippen LogP contribution in [0.5, 0.6) is 0 Å². The number of aryl methyl sites for hydroxylation is 1. The zero-order valence-corrected chi connectivity index (χ0v) is 13.6. The van der Waals surface area contributed by atoms with Crippen LogP contribution in [0.2, 0.25) is 0 Å². The van der Waals surface area contributed by atoms with E-state index in [0.29, 0.717) is 18.8 Å². The van der Waals surface area contributed by atoms with Crippen molar-refractivity contribution in [2.45, 2.75) is 11.8 Å². The van der Waals surface area contributed by atoms with Gasteiger partial charge in [-0.15, -0.1) is 0 Å². The standard InChI is InChI=1S/C15H18N4O3S/c1-12-11-14(17-16-12)15(20)18-7-9-19(10-8-18)23(21,22)13-5-3-2-4-6-13/h2-6,11H,7-10H2,1H3,(H,16,17). The van der Waals surface area contributed by atoms with Gasteiger partial charge in [-0.05, 0) is 25.1 Å². The first-order valence-corrected chi connectivity index (χ1v) is 8.79. The monoisotopic (exact) mass is 334 g/mol. The van der Waals surface area contributed by atoms with Gasteiger partial charge in [0.1, 0.15) is 5.69 Å². The molecule has 0 unspecified atom stereocenters. The second-order valence-corrected chi connectivity index (χ2v) is 7.38. The molecule has 2 heterocycles. The van der Waals surface area contributed by atoms with Crippen LogP contribution >= 0.6 is 0 Å². The number of carbonyl (C=O) groups excluding carboxylic acids is 1. The van der Waals surface area contributed by atoms with Gasteiger partial charge in [-0.3, -0.25) is 9.89 Å². The summed E-state index contributed by atoms with van der Waals surface area (Å²) in [5.41, 5.74) is 1.18. The number of hydrogen-bond acceptors (Lipinski definition) is 4.